The summed E-state index contributed by atoms with van der Waals surface area (Å²) < 4.78 is 36.3. The van der Waals surface area contributed by atoms with Crippen LogP contribution in [-0.2, 0) is 11.3 Å². The molecular weight excluding hydrogens is 618 g/mol. The predicted octanol–water partition coefficient (Wildman–Crippen LogP) is 8.70. The van der Waals surface area contributed by atoms with E-state index in [4.69, 9.17) is 21.3 Å². The number of hydrogen-bond donors (Lipinski definition) is 0. The number of methoxy groups -OCH3 is 1. The summed E-state index contributed by atoms with van der Waals surface area (Å²) in [6, 6.07) is 10.5. The van der Waals surface area contributed by atoms with E-state index < -0.39 is 5.82 Å². The number of nitrogens with zero attached hydrogens (tertiary/aromatic N) is 4. The van der Waals surface area contributed by atoms with Gasteiger partial charge in [0.25, 0.3) is 0 Å². The Hall–Kier alpha value is -4.23. The maximum Gasteiger partial charge on any atom is 0.198 e. The number of piperazine rings is 1. The summed E-state index contributed by atoms with van der Waals surface area (Å²) in [5.74, 6) is -0.426. The Bertz CT molecular complexity index is 1860. The standard InChI is InChI=1S/C38H43ClF2N4O2/c1-7-26(4)37(42-36(47-6)21-27(8-2)11-10-12-30(40)9-3)33-25-45(24-28-13-14-29(39)22-34(28)41)35-23-31(15-16-32(35)38(33)46)44-19-17-43(5)18-20-44/h8-9,11-16,22-23,25H,7,17-21,24H2,1-6H3/b27-8+,30-9+,37-26?,42-36?. The van der Waals surface area contributed by atoms with Crippen molar-refractivity contribution in [3.63, 3.8) is 0 Å². The number of fused-ring (bicyclic) bond motifs is 1. The molecule has 47 heavy (non-hydrogen) atoms. The zero-order chi connectivity index (χ0) is 34.1. The van der Waals surface area contributed by atoms with Gasteiger partial charge in [0.2, 0.25) is 0 Å². The third-order valence-corrected chi connectivity index (χ3v) is 8.68. The van der Waals surface area contributed by atoms with E-state index in [1.165, 1.54) is 25.3 Å². The van der Waals surface area contributed by atoms with E-state index in [1.54, 1.807) is 31.3 Å². The normalized spacial score (nSPS) is 15.4. The van der Waals surface area contributed by atoms with Gasteiger partial charge >= 0.3 is 0 Å². The lowest BCUT2D eigenvalue weighted by atomic mass is 10.0. The van der Waals surface area contributed by atoms with Crippen LogP contribution >= 0.6 is 11.6 Å². The van der Waals surface area contributed by atoms with E-state index in [2.05, 4.69) is 22.6 Å². The van der Waals surface area contributed by atoms with Gasteiger partial charge in [0.1, 0.15) is 11.6 Å². The number of halogens is 3. The average molecular weight is 661 g/mol. The van der Waals surface area contributed by atoms with Crippen LogP contribution in [0, 0.1) is 5.82 Å². The Morgan fingerprint density at radius 3 is 2.47 bits per heavy atom. The number of benzene rings is 2. The topological polar surface area (TPSA) is 50.1 Å². The molecule has 0 saturated carbocycles. The number of anilines is 1. The first-order valence-electron chi connectivity index (χ1n) is 15.8. The number of rotatable bonds is 10. The third-order valence-electron chi connectivity index (χ3n) is 8.44. The molecule has 1 aliphatic rings. The van der Waals surface area contributed by atoms with Crippen molar-refractivity contribution in [2.75, 3.05) is 45.2 Å². The second-order valence-corrected chi connectivity index (χ2v) is 12.0. The van der Waals surface area contributed by atoms with E-state index >= 15 is 4.39 Å². The minimum atomic E-state index is -0.420. The quantitative estimate of drug-likeness (QED) is 0.0945. The van der Waals surface area contributed by atoms with Crippen molar-refractivity contribution >= 4 is 39.8 Å². The Morgan fingerprint density at radius 1 is 1.09 bits per heavy atom. The molecule has 2 heterocycles. The van der Waals surface area contributed by atoms with Gasteiger partial charge in [0, 0.05) is 66.5 Å². The van der Waals surface area contributed by atoms with Crippen molar-refractivity contribution in [1.29, 1.82) is 0 Å². The van der Waals surface area contributed by atoms with Crippen LogP contribution < -0.4 is 10.3 Å². The molecular formula is C38H43ClF2N4O2. The van der Waals surface area contributed by atoms with Crippen molar-refractivity contribution in [3.05, 3.63) is 122 Å². The highest BCUT2D eigenvalue weighted by atomic mass is 35.5. The van der Waals surface area contributed by atoms with Crippen molar-refractivity contribution in [1.82, 2.24) is 9.47 Å². The van der Waals surface area contributed by atoms with Gasteiger partial charge in [-0.25, -0.2) is 13.8 Å². The third kappa shape index (κ3) is 8.98. The lowest BCUT2D eigenvalue weighted by Crippen LogP contribution is -2.44. The fourth-order valence-corrected chi connectivity index (χ4v) is 5.49. The molecule has 1 saturated heterocycles. The maximum absolute atomic E-state index is 15.1. The highest BCUT2D eigenvalue weighted by Crippen LogP contribution is 2.28. The first-order chi connectivity index (χ1) is 22.6. The summed E-state index contributed by atoms with van der Waals surface area (Å²) in [4.78, 5) is 23.8. The van der Waals surface area contributed by atoms with Crippen LogP contribution in [0.25, 0.3) is 16.6 Å². The van der Waals surface area contributed by atoms with Crippen LogP contribution in [0.4, 0.5) is 14.5 Å². The predicted molar refractivity (Wildman–Crippen MR) is 192 cm³/mol. The number of hydrogen-bond acceptors (Lipinski definition) is 5. The molecule has 0 spiro atoms. The second kappa shape index (κ2) is 16.6. The van der Waals surface area contributed by atoms with Crippen molar-refractivity contribution in [3.8, 4) is 0 Å². The summed E-state index contributed by atoms with van der Waals surface area (Å²) in [5.41, 5.74) is 7.43. The highest BCUT2D eigenvalue weighted by molar-refractivity contribution is 6.30. The number of aromatic nitrogens is 1. The molecule has 6 nitrogen and oxygen atoms in total. The number of pyridine rings is 1. The lowest BCUT2D eigenvalue weighted by Gasteiger charge is -2.34. The molecule has 2 aromatic carbocycles. The molecule has 4 rings (SSSR count). The lowest BCUT2D eigenvalue weighted by molar-refractivity contribution is 0.313. The number of likely N-dealkylation sites (N-methyl/N-ethyl adjacent to an activating group) is 1. The van der Waals surface area contributed by atoms with Gasteiger partial charge < -0.3 is 19.1 Å². The summed E-state index contributed by atoms with van der Waals surface area (Å²) in [6.07, 6.45) is 8.89. The minimum absolute atomic E-state index is 0.171. The molecule has 0 amide bonds. The maximum atomic E-state index is 15.1. The van der Waals surface area contributed by atoms with Gasteiger partial charge in [0.05, 0.1) is 30.4 Å². The summed E-state index contributed by atoms with van der Waals surface area (Å²) in [5, 5.41) is 0.829. The molecule has 0 bridgehead atoms. The number of aliphatic imine (C=N–C) groups is 1. The number of allylic oxidation sites excluding steroid dienone is 5. The molecule has 1 aliphatic heterocycles. The van der Waals surface area contributed by atoms with Gasteiger partial charge in [-0.05, 0) is 81.8 Å². The van der Waals surface area contributed by atoms with Crippen LogP contribution in [0.2, 0.25) is 5.02 Å². The molecule has 0 unspecified atom stereocenters. The van der Waals surface area contributed by atoms with E-state index in [0.29, 0.717) is 51.5 Å². The van der Waals surface area contributed by atoms with Crippen molar-refractivity contribution < 1.29 is 13.5 Å². The van der Waals surface area contributed by atoms with Crippen LogP contribution in [-0.4, -0.2) is 55.7 Å². The number of ether oxygens (including phenoxy) is 1. The second-order valence-electron chi connectivity index (χ2n) is 11.6. The van der Waals surface area contributed by atoms with E-state index in [9.17, 15) is 9.18 Å². The molecule has 1 fully saturated rings. The Balaban J connectivity index is 1.88. The van der Waals surface area contributed by atoms with Gasteiger partial charge in [0.15, 0.2) is 11.3 Å². The molecule has 0 aliphatic carbocycles. The smallest absolute Gasteiger partial charge is 0.198 e. The fraction of sp³-hybridized carbons (Fsp3) is 0.342. The van der Waals surface area contributed by atoms with Crippen molar-refractivity contribution in [2.45, 2.75) is 47.1 Å². The fourth-order valence-electron chi connectivity index (χ4n) is 5.33. The summed E-state index contributed by atoms with van der Waals surface area (Å²) in [7, 11) is 3.64. The van der Waals surface area contributed by atoms with Gasteiger partial charge in [-0.2, -0.15) is 0 Å². The Kier molecular flexibility index (Phi) is 12.5. The zero-order valence-electron chi connectivity index (χ0n) is 28.0. The molecule has 248 valence electrons. The van der Waals surface area contributed by atoms with Gasteiger partial charge in [-0.15, -0.1) is 5.73 Å². The SMILES string of the molecule is C/C=C(\C=C=C/C(F)=C\C)CC(=NC(=C(C)CC)c1cn(Cc2ccc(Cl)cc2F)c2cc(N3CCN(C)CC3)ccc2c1=O)OC. The highest BCUT2D eigenvalue weighted by Gasteiger charge is 2.20. The monoisotopic (exact) mass is 660 g/mol. The molecule has 3 aromatic rings. The van der Waals surface area contributed by atoms with E-state index in [0.717, 1.165) is 43.0 Å². The largest absolute Gasteiger partial charge is 0.484 e. The van der Waals surface area contributed by atoms with Crippen molar-refractivity contribution in [2.24, 2.45) is 4.99 Å². The molecule has 0 atom stereocenters. The molecule has 1 aromatic heterocycles. The first-order valence-corrected chi connectivity index (χ1v) is 16.2. The average Bonchev–Trinajstić information content (AvgIpc) is 3.08. The van der Waals surface area contributed by atoms with Gasteiger partial charge in [-0.1, -0.05) is 36.7 Å². The minimum Gasteiger partial charge on any atom is -0.484 e. The molecule has 9 heteroatoms. The van der Waals surface area contributed by atoms with Crippen LogP contribution in [0.3, 0.4) is 0 Å². The summed E-state index contributed by atoms with van der Waals surface area (Å²) >= 11 is 6.07. The molecule has 0 radical (unpaired) electrons. The Labute approximate surface area is 281 Å². The van der Waals surface area contributed by atoms with Gasteiger partial charge in [-0.3, -0.25) is 4.79 Å². The Morgan fingerprint density at radius 2 is 1.83 bits per heavy atom. The van der Waals surface area contributed by atoms with E-state index in [1.807, 2.05) is 49.6 Å². The van der Waals surface area contributed by atoms with Crippen LogP contribution in [0.1, 0.15) is 51.7 Å². The van der Waals surface area contributed by atoms with E-state index in [-0.39, 0.29) is 17.8 Å². The first kappa shape index (κ1) is 35.6. The molecule has 0 N–H and O–H groups in total. The van der Waals surface area contributed by atoms with Crippen LogP contribution in [0.5, 0.6) is 0 Å². The van der Waals surface area contributed by atoms with Crippen LogP contribution in [0.15, 0.2) is 99.4 Å². The zero-order valence-corrected chi connectivity index (χ0v) is 28.8. The summed E-state index contributed by atoms with van der Waals surface area (Å²) in [6.45, 7) is 11.2.